The molecule has 0 aromatic rings. The number of piperidine rings is 2. The fourth-order valence-corrected chi connectivity index (χ4v) is 3.15. The van der Waals surface area contributed by atoms with E-state index in [2.05, 4.69) is 19.2 Å². The molecule has 0 aromatic carbocycles. The highest BCUT2D eigenvalue weighted by Crippen LogP contribution is 2.31. The Hall–Kier alpha value is -0.610. The van der Waals surface area contributed by atoms with Crippen LogP contribution in [-0.4, -0.2) is 49.7 Å². The third kappa shape index (κ3) is 2.86. The third-order valence-corrected chi connectivity index (χ3v) is 4.40. The second kappa shape index (κ2) is 5.57. The number of carbonyl (C=O) groups is 1. The molecule has 0 aliphatic carbocycles. The number of methoxy groups -OCH3 is 1. The van der Waals surface area contributed by atoms with Crippen molar-refractivity contribution >= 4 is 5.91 Å². The molecule has 0 spiro atoms. The first-order valence-corrected chi connectivity index (χ1v) is 7.09. The predicted molar refractivity (Wildman–Crippen MR) is 71.4 cm³/mol. The molecule has 2 atom stereocenters. The molecule has 0 radical (unpaired) electrons. The number of amides is 1. The summed E-state index contributed by atoms with van der Waals surface area (Å²) in [6.45, 7) is 6.98. The van der Waals surface area contributed by atoms with Crippen molar-refractivity contribution in [2.24, 2.45) is 5.41 Å². The van der Waals surface area contributed by atoms with Gasteiger partial charge < -0.3 is 15.0 Å². The van der Waals surface area contributed by atoms with Gasteiger partial charge in [0.05, 0.1) is 12.1 Å². The van der Waals surface area contributed by atoms with Gasteiger partial charge in [-0.25, -0.2) is 0 Å². The smallest absolute Gasteiger partial charge is 0.240 e. The van der Waals surface area contributed by atoms with Crippen LogP contribution >= 0.6 is 0 Å². The molecule has 2 aliphatic rings. The van der Waals surface area contributed by atoms with Crippen molar-refractivity contribution < 1.29 is 9.53 Å². The third-order valence-electron chi connectivity index (χ3n) is 4.40. The van der Waals surface area contributed by atoms with Crippen LogP contribution in [0.4, 0.5) is 0 Å². The minimum Gasteiger partial charge on any atom is -0.380 e. The van der Waals surface area contributed by atoms with Crippen LogP contribution in [0.2, 0.25) is 0 Å². The maximum atomic E-state index is 12.6. The quantitative estimate of drug-likeness (QED) is 0.810. The van der Waals surface area contributed by atoms with Gasteiger partial charge >= 0.3 is 0 Å². The summed E-state index contributed by atoms with van der Waals surface area (Å²) in [6.07, 6.45) is 4.63. The van der Waals surface area contributed by atoms with Crippen LogP contribution in [0.5, 0.6) is 0 Å². The number of carbonyl (C=O) groups excluding carboxylic acids is 1. The van der Waals surface area contributed by atoms with Crippen molar-refractivity contribution in [1.82, 2.24) is 10.2 Å². The molecular weight excluding hydrogens is 228 g/mol. The standard InChI is InChI=1S/C14H26N2O2/c1-14(2)7-5-8-15-12(14)13(17)16-9-4-6-11(10-16)18-3/h11-12,15H,4-10H2,1-3H3. The maximum absolute atomic E-state index is 12.6. The summed E-state index contributed by atoms with van der Waals surface area (Å²) in [5.41, 5.74) is 0.0648. The number of likely N-dealkylation sites (tertiary alicyclic amines) is 1. The van der Waals surface area contributed by atoms with Crippen molar-refractivity contribution in [3.05, 3.63) is 0 Å². The Kier molecular flexibility index (Phi) is 4.28. The summed E-state index contributed by atoms with van der Waals surface area (Å²) in [4.78, 5) is 14.6. The zero-order chi connectivity index (χ0) is 13.2. The Morgan fingerprint density at radius 3 is 2.83 bits per heavy atom. The molecule has 104 valence electrons. The number of hydrogen-bond acceptors (Lipinski definition) is 3. The lowest BCUT2D eigenvalue weighted by Gasteiger charge is -2.42. The lowest BCUT2D eigenvalue weighted by molar-refractivity contribution is -0.141. The summed E-state index contributed by atoms with van der Waals surface area (Å²) >= 11 is 0. The number of ether oxygens (including phenoxy) is 1. The maximum Gasteiger partial charge on any atom is 0.240 e. The van der Waals surface area contributed by atoms with Gasteiger partial charge in [0.2, 0.25) is 5.91 Å². The van der Waals surface area contributed by atoms with Gasteiger partial charge in [-0.15, -0.1) is 0 Å². The molecule has 0 aromatic heterocycles. The van der Waals surface area contributed by atoms with Gasteiger partial charge in [-0.3, -0.25) is 4.79 Å². The Morgan fingerprint density at radius 1 is 1.39 bits per heavy atom. The van der Waals surface area contributed by atoms with Crippen molar-refractivity contribution in [3.63, 3.8) is 0 Å². The SMILES string of the molecule is COC1CCCN(C(=O)C2NCCCC2(C)C)C1. The lowest BCUT2D eigenvalue weighted by Crippen LogP contribution is -2.58. The highest BCUT2D eigenvalue weighted by Gasteiger charge is 2.40. The number of nitrogens with one attached hydrogen (secondary N) is 1. The number of rotatable bonds is 2. The van der Waals surface area contributed by atoms with Gasteiger partial charge in [0.15, 0.2) is 0 Å². The van der Waals surface area contributed by atoms with Gasteiger partial charge in [-0.1, -0.05) is 13.8 Å². The van der Waals surface area contributed by atoms with Crippen LogP contribution in [0, 0.1) is 5.41 Å². The first kappa shape index (κ1) is 13.8. The van der Waals surface area contributed by atoms with E-state index < -0.39 is 0 Å². The fourth-order valence-electron chi connectivity index (χ4n) is 3.15. The fraction of sp³-hybridized carbons (Fsp3) is 0.929. The first-order chi connectivity index (χ1) is 8.54. The number of nitrogens with zero attached hydrogens (tertiary/aromatic N) is 1. The van der Waals surface area contributed by atoms with E-state index in [-0.39, 0.29) is 23.5 Å². The van der Waals surface area contributed by atoms with E-state index in [0.29, 0.717) is 0 Å². The predicted octanol–water partition coefficient (Wildman–Crippen LogP) is 1.40. The molecule has 0 saturated carbocycles. The Labute approximate surface area is 110 Å². The largest absolute Gasteiger partial charge is 0.380 e. The van der Waals surface area contributed by atoms with Crippen molar-refractivity contribution in [3.8, 4) is 0 Å². The monoisotopic (exact) mass is 254 g/mol. The van der Waals surface area contributed by atoms with E-state index >= 15 is 0 Å². The second-order valence-electron chi connectivity index (χ2n) is 6.26. The Morgan fingerprint density at radius 2 is 2.17 bits per heavy atom. The lowest BCUT2D eigenvalue weighted by atomic mass is 9.77. The molecule has 18 heavy (non-hydrogen) atoms. The van der Waals surface area contributed by atoms with Crippen LogP contribution in [-0.2, 0) is 9.53 Å². The van der Waals surface area contributed by atoms with Gasteiger partial charge in [0.25, 0.3) is 0 Å². The van der Waals surface area contributed by atoms with E-state index in [4.69, 9.17) is 4.74 Å². The summed E-state index contributed by atoms with van der Waals surface area (Å²) in [5, 5.41) is 3.41. The molecule has 2 heterocycles. The molecular formula is C14H26N2O2. The van der Waals surface area contributed by atoms with E-state index in [1.54, 1.807) is 7.11 Å². The topological polar surface area (TPSA) is 41.6 Å². The zero-order valence-corrected chi connectivity index (χ0v) is 11.9. The minimum atomic E-state index is -0.0261. The molecule has 2 aliphatic heterocycles. The number of hydrogen-bond donors (Lipinski definition) is 1. The second-order valence-corrected chi connectivity index (χ2v) is 6.26. The van der Waals surface area contributed by atoms with Gasteiger partial charge in [0.1, 0.15) is 0 Å². The molecule has 4 nitrogen and oxygen atoms in total. The average molecular weight is 254 g/mol. The van der Waals surface area contributed by atoms with Crippen molar-refractivity contribution in [1.29, 1.82) is 0 Å². The minimum absolute atomic E-state index is 0.0261. The van der Waals surface area contributed by atoms with Crippen LogP contribution in [0.3, 0.4) is 0 Å². The summed E-state index contributed by atoms with van der Waals surface area (Å²) in [5.74, 6) is 0.265. The van der Waals surface area contributed by atoms with Crippen LogP contribution in [0.15, 0.2) is 0 Å². The summed E-state index contributed by atoms with van der Waals surface area (Å²) in [7, 11) is 1.74. The summed E-state index contributed by atoms with van der Waals surface area (Å²) in [6, 6.07) is -0.0261. The van der Waals surface area contributed by atoms with E-state index in [9.17, 15) is 4.79 Å². The molecule has 2 rings (SSSR count). The molecule has 2 unspecified atom stereocenters. The first-order valence-electron chi connectivity index (χ1n) is 7.09. The van der Waals surface area contributed by atoms with Crippen LogP contribution in [0.25, 0.3) is 0 Å². The van der Waals surface area contributed by atoms with E-state index in [0.717, 1.165) is 45.3 Å². The van der Waals surface area contributed by atoms with E-state index in [1.165, 1.54) is 0 Å². The molecule has 4 heteroatoms. The normalized spacial score (nSPS) is 32.3. The highest BCUT2D eigenvalue weighted by molar-refractivity contribution is 5.83. The van der Waals surface area contributed by atoms with Crippen LogP contribution in [0.1, 0.15) is 39.5 Å². The Balaban J connectivity index is 2.01. The molecule has 1 amide bonds. The van der Waals surface area contributed by atoms with E-state index in [1.807, 2.05) is 4.90 Å². The Bertz CT molecular complexity index is 304. The van der Waals surface area contributed by atoms with Gasteiger partial charge in [-0.05, 0) is 37.6 Å². The zero-order valence-electron chi connectivity index (χ0n) is 11.9. The highest BCUT2D eigenvalue weighted by atomic mass is 16.5. The molecule has 2 saturated heterocycles. The van der Waals surface area contributed by atoms with Crippen molar-refractivity contribution in [2.45, 2.75) is 51.7 Å². The molecule has 2 fully saturated rings. The van der Waals surface area contributed by atoms with Gasteiger partial charge in [-0.2, -0.15) is 0 Å². The molecule has 1 N–H and O–H groups in total. The van der Waals surface area contributed by atoms with Gasteiger partial charge in [0, 0.05) is 20.2 Å². The molecule has 0 bridgehead atoms. The average Bonchev–Trinajstić information content (AvgIpc) is 2.37. The van der Waals surface area contributed by atoms with Crippen molar-refractivity contribution in [2.75, 3.05) is 26.7 Å². The summed E-state index contributed by atoms with van der Waals surface area (Å²) < 4.78 is 5.40. The van der Waals surface area contributed by atoms with Crippen LogP contribution < -0.4 is 5.32 Å².